The SMILES string of the molecule is CC(=O)Nc1cccc(-n2nnnc2SCC(=O)c2ccc(Br)cc2)c1. The van der Waals surface area contributed by atoms with Crippen LogP contribution in [-0.4, -0.2) is 37.7 Å². The van der Waals surface area contributed by atoms with Crippen molar-refractivity contribution in [2.45, 2.75) is 12.1 Å². The van der Waals surface area contributed by atoms with E-state index in [0.717, 1.165) is 4.47 Å². The molecule has 9 heteroatoms. The van der Waals surface area contributed by atoms with Crippen molar-refractivity contribution < 1.29 is 9.59 Å². The second-order valence-electron chi connectivity index (χ2n) is 5.32. The lowest BCUT2D eigenvalue weighted by molar-refractivity contribution is -0.114. The molecule has 0 atom stereocenters. The lowest BCUT2D eigenvalue weighted by Gasteiger charge is -2.07. The maximum atomic E-state index is 12.3. The Balaban J connectivity index is 1.73. The maximum Gasteiger partial charge on any atom is 0.221 e. The van der Waals surface area contributed by atoms with Crippen LogP contribution in [0.3, 0.4) is 0 Å². The standard InChI is InChI=1S/C17H14BrN5O2S/c1-11(24)19-14-3-2-4-15(9-14)23-17(20-21-22-23)26-10-16(25)12-5-7-13(18)8-6-12/h2-9H,10H2,1H3,(H,19,24). The van der Waals surface area contributed by atoms with Crippen LogP contribution in [0.25, 0.3) is 5.69 Å². The third-order valence-electron chi connectivity index (χ3n) is 3.35. The van der Waals surface area contributed by atoms with Crippen LogP contribution in [0.2, 0.25) is 0 Å². The van der Waals surface area contributed by atoms with E-state index >= 15 is 0 Å². The number of carbonyl (C=O) groups is 2. The van der Waals surface area contributed by atoms with Crippen molar-refractivity contribution in [2.24, 2.45) is 0 Å². The van der Waals surface area contributed by atoms with Crippen molar-refractivity contribution in [3.8, 4) is 5.69 Å². The molecule has 7 nitrogen and oxygen atoms in total. The van der Waals surface area contributed by atoms with Crippen molar-refractivity contribution in [3.63, 3.8) is 0 Å². The van der Waals surface area contributed by atoms with Crippen molar-refractivity contribution >= 4 is 45.1 Å². The highest BCUT2D eigenvalue weighted by Gasteiger charge is 2.13. The zero-order valence-corrected chi connectivity index (χ0v) is 16.1. The fourth-order valence-corrected chi connectivity index (χ4v) is 3.25. The third-order valence-corrected chi connectivity index (χ3v) is 4.80. The zero-order valence-electron chi connectivity index (χ0n) is 13.7. The van der Waals surface area contributed by atoms with Gasteiger partial charge in [-0.25, -0.2) is 0 Å². The molecular formula is C17H14BrN5O2S. The number of nitrogens with zero attached hydrogens (tertiary/aromatic N) is 4. The minimum Gasteiger partial charge on any atom is -0.326 e. The molecule has 3 aromatic rings. The van der Waals surface area contributed by atoms with Gasteiger partial charge in [-0.1, -0.05) is 45.9 Å². The summed E-state index contributed by atoms with van der Waals surface area (Å²) in [6, 6.07) is 14.4. The normalized spacial score (nSPS) is 10.5. The number of amides is 1. The average Bonchev–Trinajstić information content (AvgIpc) is 3.08. The summed E-state index contributed by atoms with van der Waals surface area (Å²) < 4.78 is 2.45. The van der Waals surface area contributed by atoms with Gasteiger partial charge in [0.15, 0.2) is 5.78 Å². The first kappa shape index (κ1) is 18.3. The number of carbonyl (C=O) groups excluding carboxylic acids is 2. The van der Waals surface area contributed by atoms with Gasteiger partial charge in [0.25, 0.3) is 0 Å². The molecule has 1 heterocycles. The molecule has 132 valence electrons. The van der Waals surface area contributed by atoms with Crippen molar-refractivity contribution in [3.05, 3.63) is 58.6 Å². The van der Waals surface area contributed by atoms with Crippen molar-refractivity contribution in [1.82, 2.24) is 20.2 Å². The molecule has 0 aliphatic carbocycles. The fourth-order valence-electron chi connectivity index (χ4n) is 2.20. The van der Waals surface area contributed by atoms with Gasteiger partial charge in [0, 0.05) is 22.6 Å². The molecule has 0 unspecified atom stereocenters. The summed E-state index contributed by atoms with van der Waals surface area (Å²) in [5.74, 6) is 0.0468. The summed E-state index contributed by atoms with van der Waals surface area (Å²) in [5.41, 5.74) is 1.97. The first-order valence-corrected chi connectivity index (χ1v) is 9.39. The topological polar surface area (TPSA) is 89.8 Å². The highest BCUT2D eigenvalue weighted by Crippen LogP contribution is 2.22. The molecule has 0 bridgehead atoms. The largest absolute Gasteiger partial charge is 0.326 e. The summed E-state index contributed by atoms with van der Waals surface area (Å²) in [7, 11) is 0. The summed E-state index contributed by atoms with van der Waals surface area (Å²) >= 11 is 4.60. The minimum atomic E-state index is -0.159. The number of Topliss-reactive ketones (excluding diaryl/α,β-unsaturated/α-hetero) is 1. The molecule has 0 saturated heterocycles. The number of ketones is 1. The van der Waals surface area contributed by atoms with E-state index in [-0.39, 0.29) is 17.4 Å². The summed E-state index contributed by atoms with van der Waals surface area (Å²) in [5, 5.41) is 14.9. The first-order valence-electron chi connectivity index (χ1n) is 7.61. The van der Waals surface area contributed by atoms with E-state index in [4.69, 9.17) is 0 Å². The Kier molecular flexibility index (Phi) is 5.79. The van der Waals surface area contributed by atoms with Crippen molar-refractivity contribution in [1.29, 1.82) is 0 Å². The number of tetrazole rings is 1. The molecule has 1 aromatic heterocycles. The van der Waals surface area contributed by atoms with E-state index in [1.165, 1.54) is 23.4 Å². The zero-order chi connectivity index (χ0) is 18.5. The van der Waals surface area contributed by atoms with Gasteiger partial charge in [-0.3, -0.25) is 9.59 Å². The third kappa shape index (κ3) is 4.55. The van der Waals surface area contributed by atoms with E-state index in [2.05, 4.69) is 36.8 Å². The first-order chi connectivity index (χ1) is 12.5. The van der Waals surface area contributed by atoms with Crippen molar-refractivity contribution in [2.75, 3.05) is 11.1 Å². The van der Waals surface area contributed by atoms with Gasteiger partial charge < -0.3 is 5.32 Å². The minimum absolute atomic E-state index is 0.0101. The number of anilines is 1. The number of halogens is 1. The quantitative estimate of drug-likeness (QED) is 0.475. The van der Waals surface area contributed by atoms with E-state index in [1.54, 1.807) is 30.3 Å². The van der Waals surface area contributed by atoms with Crippen LogP contribution in [0.5, 0.6) is 0 Å². The monoisotopic (exact) mass is 431 g/mol. The van der Waals surface area contributed by atoms with E-state index < -0.39 is 0 Å². The van der Waals surface area contributed by atoms with Gasteiger partial charge in [-0.15, -0.1) is 5.10 Å². The molecule has 0 aliphatic heterocycles. The number of thioether (sulfide) groups is 1. The van der Waals surface area contributed by atoms with Gasteiger partial charge in [0.2, 0.25) is 11.1 Å². The van der Waals surface area contributed by atoms with Crippen LogP contribution in [0.4, 0.5) is 5.69 Å². The Bertz CT molecular complexity index is 942. The molecule has 0 fully saturated rings. The molecular weight excluding hydrogens is 418 g/mol. The number of nitrogens with one attached hydrogen (secondary N) is 1. The number of aromatic nitrogens is 4. The van der Waals surface area contributed by atoms with E-state index in [9.17, 15) is 9.59 Å². The van der Waals surface area contributed by atoms with Gasteiger partial charge in [-0.05, 0) is 40.8 Å². The van der Waals surface area contributed by atoms with Gasteiger partial charge in [-0.2, -0.15) is 4.68 Å². The Morgan fingerprint density at radius 2 is 1.96 bits per heavy atom. The van der Waals surface area contributed by atoms with Crippen LogP contribution < -0.4 is 5.32 Å². The Morgan fingerprint density at radius 1 is 1.19 bits per heavy atom. The van der Waals surface area contributed by atoms with Crippen LogP contribution in [0.15, 0.2) is 58.2 Å². The second-order valence-corrected chi connectivity index (χ2v) is 7.18. The van der Waals surface area contributed by atoms with E-state index in [1.807, 2.05) is 18.2 Å². The lowest BCUT2D eigenvalue weighted by atomic mass is 10.2. The van der Waals surface area contributed by atoms with Gasteiger partial charge in [0.05, 0.1) is 11.4 Å². The van der Waals surface area contributed by atoms with Crippen LogP contribution in [0, 0.1) is 0 Å². The molecule has 0 radical (unpaired) electrons. The molecule has 0 saturated carbocycles. The average molecular weight is 432 g/mol. The van der Waals surface area contributed by atoms with Crippen LogP contribution >= 0.6 is 27.7 Å². The predicted octanol–water partition coefficient (Wildman–Crippen LogP) is 3.36. The molecule has 26 heavy (non-hydrogen) atoms. The summed E-state index contributed by atoms with van der Waals surface area (Å²) in [6.45, 7) is 1.44. The Labute approximate surface area is 162 Å². The molecule has 1 N–H and O–H groups in total. The molecule has 1 amide bonds. The predicted molar refractivity (Wildman–Crippen MR) is 103 cm³/mol. The highest BCUT2D eigenvalue weighted by molar-refractivity contribution is 9.10. The Morgan fingerprint density at radius 3 is 2.69 bits per heavy atom. The van der Waals surface area contributed by atoms with Gasteiger partial charge in [0.1, 0.15) is 0 Å². The Hall–Kier alpha value is -2.52. The van der Waals surface area contributed by atoms with Gasteiger partial charge >= 0.3 is 0 Å². The number of benzene rings is 2. The summed E-state index contributed by atoms with van der Waals surface area (Å²) in [6.07, 6.45) is 0. The highest BCUT2D eigenvalue weighted by atomic mass is 79.9. The molecule has 0 aliphatic rings. The molecule has 3 rings (SSSR count). The number of hydrogen-bond donors (Lipinski definition) is 1. The number of hydrogen-bond acceptors (Lipinski definition) is 6. The molecule has 2 aromatic carbocycles. The summed E-state index contributed by atoms with van der Waals surface area (Å²) in [4.78, 5) is 23.5. The smallest absolute Gasteiger partial charge is 0.221 e. The number of rotatable bonds is 6. The van der Waals surface area contributed by atoms with Crippen LogP contribution in [-0.2, 0) is 4.79 Å². The van der Waals surface area contributed by atoms with Crippen LogP contribution in [0.1, 0.15) is 17.3 Å². The van der Waals surface area contributed by atoms with E-state index in [0.29, 0.717) is 22.1 Å². The lowest BCUT2D eigenvalue weighted by Crippen LogP contribution is -2.07. The fraction of sp³-hybridized carbons (Fsp3) is 0.118. The molecule has 0 spiro atoms. The maximum absolute atomic E-state index is 12.3. The second kappa shape index (κ2) is 8.24.